The van der Waals surface area contributed by atoms with Gasteiger partial charge >= 0.3 is 0 Å². The molecule has 0 aromatic carbocycles. The van der Waals surface area contributed by atoms with Gasteiger partial charge in [-0.3, -0.25) is 4.90 Å². The Morgan fingerprint density at radius 2 is 2.18 bits per heavy atom. The fourth-order valence-electron chi connectivity index (χ4n) is 2.38. The molecule has 4 nitrogen and oxygen atoms in total. The normalized spacial score (nSPS) is 26.4. The highest BCUT2D eigenvalue weighted by atomic mass is 15.3. The number of nitrogens with one attached hydrogen (secondary N) is 1. The Morgan fingerprint density at radius 3 is 2.71 bits per heavy atom. The van der Waals surface area contributed by atoms with E-state index in [4.69, 9.17) is 5.26 Å². The minimum atomic E-state index is -0.365. The van der Waals surface area contributed by atoms with Gasteiger partial charge in [-0.15, -0.1) is 0 Å². The molecule has 1 saturated heterocycles. The minimum absolute atomic E-state index is 0.365. The van der Waals surface area contributed by atoms with Crippen molar-refractivity contribution in [3.63, 3.8) is 0 Å². The van der Waals surface area contributed by atoms with Gasteiger partial charge in [0.25, 0.3) is 0 Å². The molecule has 1 fully saturated rings. The molecule has 1 rings (SSSR count). The third kappa shape index (κ3) is 4.27. The van der Waals surface area contributed by atoms with Gasteiger partial charge in [0.1, 0.15) is 5.54 Å². The summed E-state index contributed by atoms with van der Waals surface area (Å²) in [6.45, 7) is 8.83. The molecule has 0 radical (unpaired) electrons. The van der Waals surface area contributed by atoms with Gasteiger partial charge in [0.2, 0.25) is 0 Å². The quantitative estimate of drug-likeness (QED) is 0.773. The zero-order valence-electron chi connectivity index (χ0n) is 11.7. The largest absolute Gasteiger partial charge is 0.304 e. The van der Waals surface area contributed by atoms with Crippen molar-refractivity contribution >= 4 is 0 Å². The highest BCUT2D eigenvalue weighted by Gasteiger charge is 2.24. The van der Waals surface area contributed by atoms with Gasteiger partial charge in [-0.05, 0) is 47.3 Å². The lowest BCUT2D eigenvalue weighted by atomic mass is 9.97. The smallest absolute Gasteiger partial charge is 0.103 e. The second-order valence-corrected chi connectivity index (χ2v) is 5.44. The van der Waals surface area contributed by atoms with Gasteiger partial charge in [-0.25, -0.2) is 0 Å². The summed E-state index contributed by atoms with van der Waals surface area (Å²) in [5, 5.41) is 12.2. The van der Waals surface area contributed by atoms with Crippen molar-refractivity contribution in [2.24, 2.45) is 0 Å². The van der Waals surface area contributed by atoms with E-state index in [-0.39, 0.29) is 5.54 Å². The number of hydrogen-bond acceptors (Lipinski definition) is 4. The van der Waals surface area contributed by atoms with Crippen LogP contribution in [0.4, 0.5) is 0 Å². The van der Waals surface area contributed by atoms with Crippen LogP contribution in [-0.2, 0) is 0 Å². The van der Waals surface area contributed by atoms with E-state index in [9.17, 15) is 0 Å². The van der Waals surface area contributed by atoms with Crippen LogP contribution in [0.15, 0.2) is 0 Å². The molecule has 0 saturated carbocycles. The number of nitrogens with zero attached hydrogens (tertiary/aromatic N) is 3. The summed E-state index contributed by atoms with van der Waals surface area (Å²) in [6, 6.07) is 2.98. The van der Waals surface area contributed by atoms with E-state index in [1.165, 1.54) is 0 Å². The summed E-state index contributed by atoms with van der Waals surface area (Å²) in [6.07, 6.45) is 2.00. The van der Waals surface area contributed by atoms with Crippen LogP contribution in [0, 0.1) is 11.3 Å². The second kappa shape index (κ2) is 6.34. The Kier molecular flexibility index (Phi) is 5.38. The van der Waals surface area contributed by atoms with E-state index < -0.39 is 0 Å². The molecule has 0 aromatic heterocycles. The summed E-state index contributed by atoms with van der Waals surface area (Å²) in [4.78, 5) is 4.92. The van der Waals surface area contributed by atoms with Crippen LogP contribution < -0.4 is 5.32 Å². The second-order valence-electron chi connectivity index (χ2n) is 5.44. The Morgan fingerprint density at radius 1 is 1.47 bits per heavy atom. The lowest BCUT2D eigenvalue weighted by Gasteiger charge is -2.38. The minimum Gasteiger partial charge on any atom is -0.304 e. The highest BCUT2D eigenvalue weighted by molar-refractivity contribution is 5.02. The molecule has 98 valence electrons. The van der Waals surface area contributed by atoms with Crippen molar-refractivity contribution in [2.45, 2.75) is 38.3 Å². The van der Waals surface area contributed by atoms with Crippen LogP contribution >= 0.6 is 0 Å². The van der Waals surface area contributed by atoms with Crippen molar-refractivity contribution in [1.82, 2.24) is 15.1 Å². The summed E-state index contributed by atoms with van der Waals surface area (Å²) >= 11 is 0. The Bertz CT molecular complexity index is 273. The van der Waals surface area contributed by atoms with E-state index in [1.54, 1.807) is 0 Å². The van der Waals surface area contributed by atoms with Gasteiger partial charge in [0, 0.05) is 25.7 Å². The molecule has 0 aliphatic carbocycles. The number of nitriles is 1. The van der Waals surface area contributed by atoms with E-state index in [0.717, 1.165) is 39.0 Å². The van der Waals surface area contributed by atoms with Crippen LogP contribution in [0.25, 0.3) is 0 Å². The molecule has 17 heavy (non-hydrogen) atoms. The predicted molar refractivity (Wildman–Crippen MR) is 70.8 cm³/mol. The number of hydrogen-bond donors (Lipinski definition) is 1. The number of rotatable bonds is 5. The van der Waals surface area contributed by atoms with E-state index in [2.05, 4.69) is 35.2 Å². The van der Waals surface area contributed by atoms with Crippen LogP contribution in [-0.4, -0.2) is 61.7 Å². The summed E-state index contributed by atoms with van der Waals surface area (Å²) in [5.74, 6) is 0. The van der Waals surface area contributed by atoms with E-state index >= 15 is 0 Å². The average molecular weight is 238 g/mol. The maximum Gasteiger partial charge on any atom is 0.103 e. The van der Waals surface area contributed by atoms with Gasteiger partial charge in [0.15, 0.2) is 0 Å². The summed E-state index contributed by atoms with van der Waals surface area (Å²) in [7, 11) is 4.04. The lowest BCUT2D eigenvalue weighted by molar-refractivity contribution is 0.0971. The van der Waals surface area contributed by atoms with Gasteiger partial charge in [-0.1, -0.05) is 0 Å². The average Bonchev–Trinajstić information content (AvgIpc) is 2.32. The number of likely N-dealkylation sites (N-methyl/N-ethyl adjacent to an activating group) is 1. The van der Waals surface area contributed by atoms with Crippen molar-refractivity contribution < 1.29 is 0 Å². The molecule has 2 atom stereocenters. The molecule has 1 aliphatic rings. The summed E-state index contributed by atoms with van der Waals surface area (Å²) in [5.41, 5.74) is -0.365. The van der Waals surface area contributed by atoms with Crippen LogP contribution in [0.5, 0.6) is 0 Å². The SMILES string of the molecule is CNC(C)(C#N)CCCN1CCN(C)CC1C. The van der Waals surface area contributed by atoms with Gasteiger partial charge in [0.05, 0.1) is 6.07 Å². The standard InChI is InChI=1S/C13H26N4/c1-12-10-16(4)8-9-17(12)7-5-6-13(2,11-14)15-3/h12,15H,5-10H2,1-4H3. The maximum atomic E-state index is 9.08. The van der Waals surface area contributed by atoms with E-state index in [1.807, 2.05) is 14.0 Å². The fourth-order valence-corrected chi connectivity index (χ4v) is 2.38. The van der Waals surface area contributed by atoms with Gasteiger partial charge < -0.3 is 10.2 Å². The topological polar surface area (TPSA) is 42.3 Å². The van der Waals surface area contributed by atoms with Crippen molar-refractivity contribution in [3.8, 4) is 6.07 Å². The molecule has 0 bridgehead atoms. The Hall–Kier alpha value is -0.630. The molecule has 1 aliphatic heterocycles. The van der Waals surface area contributed by atoms with Crippen molar-refractivity contribution in [2.75, 3.05) is 40.3 Å². The van der Waals surface area contributed by atoms with E-state index in [0.29, 0.717) is 6.04 Å². The first kappa shape index (κ1) is 14.4. The first-order chi connectivity index (χ1) is 8.00. The molecular formula is C13H26N4. The molecule has 0 amide bonds. The highest BCUT2D eigenvalue weighted by Crippen LogP contribution is 2.14. The van der Waals surface area contributed by atoms with Crippen molar-refractivity contribution in [1.29, 1.82) is 5.26 Å². The molecule has 1 N–H and O–H groups in total. The predicted octanol–water partition coefficient (Wildman–Crippen LogP) is 0.904. The first-order valence-electron chi connectivity index (χ1n) is 6.53. The fraction of sp³-hybridized carbons (Fsp3) is 0.923. The molecule has 4 heteroatoms. The summed E-state index contributed by atoms with van der Waals surface area (Å²) < 4.78 is 0. The molecule has 1 heterocycles. The zero-order chi connectivity index (χ0) is 12.9. The van der Waals surface area contributed by atoms with Crippen LogP contribution in [0.2, 0.25) is 0 Å². The molecule has 0 aromatic rings. The molecule has 2 unspecified atom stereocenters. The third-order valence-electron chi connectivity index (χ3n) is 3.89. The van der Waals surface area contributed by atoms with Gasteiger partial charge in [-0.2, -0.15) is 5.26 Å². The number of piperazine rings is 1. The lowest BCUT2D eigenvalue weighted by Crippen LogP contribution is -2.50. The molecular weight excluding hydrogens is 212 g/mol. The first-order valence-corrected chi connectivity index (χ1v) is 6.53. The van der Waals surface area contributed by atoms with Crippen LogP contribution in [0.3, 0.4) is 0 Å². The monoisotopic (exact) mass is 238 g/mol. The molecule has 0 spiro atoms. The van der Waals surface area contributed by atoms with Crippen molar-refractivity contribution in [3.05, 3.63) is 0 Å². The Labute approximate surface area is 106 Å². The Balaban J connectivity index is 2.30. The third-order valence-corrected chi connectivity index (χ3v) is 3.89. The van der Waals surface area contributed by atoms with Crippen LogP contribution in [0.1, 0.15) is 26.7 Å². The maximum absolute atomic E-state index is 9.08. The zero-order valence-corrected chi connectivity index (χ0v) is 11.7.